The molecule has 5 heteroatoms. The van der Waals surface area contributed by atoms with E-state index in [1.165, 1.54) is 12.1 Å². The highest BCUT2D eigenvalue weighted by Crippen LogP contribution is 2.30. The number of piperidine rings is 1. The van der Waals surface area contributed by atoms with Crippen molar-refractivity contribution in [2.24, 2.45) is 0 Å². The van der Waals surface area contributed by atoms with Crippen molar-refractivity contribution in [3.8, 4) is 0 Å². The van der Waals surface area contributed by atoms with Gasteiger partial charge in [0, 0.05) is 12.6 Å². The molecule has 0 aromatic heterocycles. The van der Waals surface area contributed by atoms with E-state index in [0.29, 0.717) is 12.6 Å². The fourth-order valence-electron chi connectivity index (χ4n) is 2.70. The molecule has 0 radical (unpaired) electrons. The highest BCUT2D eigenvalue weighted by molar-refractivity contribution is 5.25. The molecule has 1 fully saturated rings. The van der Waals surface area contributed by atoms with Gasteiger partial charge in [-0.1, -0.05) is 32.0 Å². The summed E-state index contributed by atoms with van der Waals surface area (Å²) in [7, 11) is 4.10. The van der Waals surface area contributed by atoms with E-state index in [0.717, 1.165) is 37.6 Å². The van der Waals surface area contributed by atoms with Crippen LogP contribution in [0.25, 0.3) is 0 Å². The molecule has 0 N–H and O–H groups in total. The second kappa shape index (κ2) is 8.53. The zero-order valence-corrected chi connectivity index (χ0v) is 14.0. The van der Waals surface area contributed by atoms with Gasteiger partial charge in [-0.15, -0.1) is 0 Å². The predicted molar refractivity (Wildman–Crippen MR) is 84.8 cm³/mol. The molecule has 2 nitrogen and oxygen atoms in total. The molecule has 0 aliphatic carbocycles. The van der Waals surface area contributed by atoms with E-state index in [1.807, 2.05) is 20.9 Å². The van der Waals surface area contributed by atoms with Crippen molar-refractivity contribution in [1.29, 1.82) is 0 Å². The van der Waals surface area contributed by atoms with Crippen LogP contribution >= 0.6 is 0 Å². The van der Waals surface area contributed by atoms with Crippen molar-refractivity contribution < 1.29 is 13.2 Å². The van der Waals surface area contributed by atoms with Crippen molar-refractivity contribution in [3.63, 3.8) is 0 Å². The van der Waals surface area contributed by atoms with Crippen LogP contribution < -0.4 is 0 Å². The van der Waals surface area contributed by atoms with Crippen LogP contribution in [-0.2, 0) is 12.7 Å². The average Bonchev–Trinajstić information content (AvgIpc) is 2.49. The standard InChI is InChI=1S/C15H21F3N2.C2H6/c1-19-8-6-14(7-9-19)20(2)11-12-4-3-5-13(10-12)15(16,17)18;1-2/h3-5,10,14H,6-9,11H2,1-2H3;1-2H3. The van der Waals surface area contributed by atoms with Crippen molar-refractivity contribution in [2.45, 2.75) is 45.5 Å². The van der Waals surface area contributed by atoms with Crippen molar-refractivity contribution >= 4 is 0 Å². The van der Waals surface area contributed by atoms with Gasteiger partial charge in [0.1, 0.15) is 0 Å². The first-order valence-electron chi connectivity index (χ1n) is 7.91. The lowest BCUT2D eigenvalue weighted by Crippen LogP contribution is -2.41. The molecule has 1 heterocycles. The quantitative estimate of drug-likeness (QED) is 0.822. The highest BCUT2D eigenvalue weighted by atomic mass is 19.4. The van der Waals surface area contributed by atoms with Crippen molar-refractivity contribution in [3.05, 3.63) is 35.4 Å². The minimum absolute atomic E-state index is 0.459. The number of halogens is 3. The number of benzene rings is 1. The lowest BCUT2D eigenvalue weighted by Gasteiger charge is -2.35. The molecule has 1 aliphatic heterocycles. The second-order valence-corrected chi connectivity index (χ2v) is 5.65. The van der Waals surface area contributed by atoms with E-state index in [-0.39, 0.29) is 0 Å². The molecule has 1 saturated heterocycles. The summed E-state index contributed by atoms with van der Waals surface area (Å²) in [5.41, 5.74) is 0.160. The van der Waals surface area contributed by atoms with Gasteiger partial charge >= 0.3 is 6.18 Å². The largest absolute Gasteiger partial charge is 0.416 e. The molecule has 0 saturated carbocycles. The minimum Gasteiger partial charge on any atom is -0.306 e. The normalized spacial score (nSPS) is 17.3. The molecule has 0 unspecified atom stereocenters. The molecule has 1 aromatic rings. The first kappa shape index (κ1) is 19.0. The number of rotatable bonds is 3. The summed E-state index contributed by atoms with van der Waals surface area (Å²) < 4.78 is 38.1. The zero-order chi connectivity index (χ0) is 16.8. The van der Waals surface area contributed by atoms with E-state index in [9.17, 15) is 13.2 Å². The van der Waals surface area contributed by atoms with Gasteiger partial charge in [-0.3, -0.25) is 4.90 Å². The first-order chi connectivity index (χ1) is 10.4. The third-order valence-corrected chi connectivity index (χ3v) is 4.00. The second-order valence-electron chi connectivity index (χ2n) is 5.65. The first-order valence-corrected chi connectivity index (χ1v) is 7.91. The number of likely N-dealkylation sites (tertiary alicyclic amines) is 1. The predicted octanol–water partition coefficient (Wildman–Crippen LogP) is 4.26. The van der Waals surface area contributed by atoms with Crippen LogP contribution in [0.5, 0.6) is 0 Å². The fraction of sp³-hybridized carbons (Fsp3) is 0.647. The molecule has 0 amide bonds. The SMILES string of the molecule is CC.CN1CCC(N(C)Cc2cccc(C(F)(F)F)c2)CC1. The summed E-state index contributed by atoms with van der Waals surface area (Å²) >= 11 is 0. The molecule has 126 valence electrons. The van der Waals surface area contributed by atoms with Gasteiger partial charge in [0.15, 0.2) is 0 Å². The maximum Gasteiger partial charge on any atom is 0.416 e. The maximum atomic E-state index is 12.7. The van der Waals surface area contributed by atoms with Gasteiger partial charge in [-0.25, -0.2) is 0 Å². The average molecular weight is 316 g/mol. The minimum atomic E-state index is -4.26. The summed E-state index contributed by atoms with van der Waals surface area (Å²) in [5.74, 6) is 0. The fourth-order valence-corrected chi connectivity index (χ4v) is 2.70. The van der Waals surface area contributed by atoms with Crippen LogP contribution in [0.4, 0.5) is 13.2 Å². The Morgan fingerprint density at radius 1 is 1.18 bits per heavy atom. The van der Waals surface area contributed by atoms with Crippen molar-refractivity contribution in [1.82, 2.24) is 9.80 Å². The molecular formula is C17H27F3N2. The lowest BCUT2D eigenvalue weighted by atomic mass is 10.0. The van der Waals surface area contributed by atoms with Gasteiger partial charge < -0.3 is 4.90 Å². The Morgan fingerprint density at radius 2 is 1.77 bits per heavy atom. The number of alkyl halides is 3. The summed E-state index contributed by atoms with van der Waals surface area (Å²) in [6.07, 6.45) is -2.11. The monoisotopic (exact) mass is 316 g/mol. The molecule has 2 rings (SSSR count). The summed E-state index contributed by atoms with van der Waals surface area (Å²) in [5, 5.41) is 0. The van der Waals surface area contributed by atoms with E-state index >= 15 is 0 Å². The smallest absolute Gasteiger partial charge is 0.306 e. The van der Waals surface area contributed by atoms with E-state index in [4.69, 9.17) is 0 Å². The van der Waals surface area contributed by atoms with Crippen LogP contribution in [0.15, 0.2) is 24.3 Å². The van der Waals surface area contributed by atoms with Gasteiger partial charge in [0.2, 0.25) is 0 Å². The van der Waals surface area contributed by atoms with Crippen LogP contribution in [-0.4, -0.2) is 43.0 Å². The van der Waals surface area contributed by atoms with Crippen molar-refractivity contribution in [2.75, 3.05) is 27.2 Å². The number of hydrogen-bond acceptors (Lipinski definition) is 2. The molecule has 22 heavy (non-hydrogen) atoms. The third kappa shape index (κ3) is 5.61. The van der Waals surface area contributed by atoms with Crippen LogP contribution in [0.3, 0.4) is 0 Å². The molecular weight excluding hydrogens is 289 g/mol. The highest BCUT2D eigenvalue weighted by Gasteiger charge is 2.30. The van der Waals surface area contributed by atoms with E-state index in [1.54, 1.807) is 6.07 Å². The Labute approximate surface area is 131 Å². The van der Waals surface area contributed by atoms with Gasteiger partial charge in [0.05, 0.1) is 5.56 Å². The zero-order valence-electron chi connectivity index (χ0n) is 14.0. The van der Waals surface area contributed by atoms with Gasteiger partial charge in [-0.05, 0) is 51.7 Å². The van der Waals surface area contributed by atoms with Gasteiger partial charge in [0.25, 0.3) is 0 Å². The van der Waals surface area contributed by atoms with Crippen LogP contribution in [0.1, 0.15) is 37.8 Å². The molecule has 1 aliphatic rings. The molecule has 0 atom stereocenters. The molecule has 1 aromatic carbocycles. The van der Waals surface area contributed by atoms with E-state index in [2.05, 4.69) is 16.8 Å². The van der Waals surface area contributed by atoms with Crippen LogP contribution in [0, 0.1) is 0 Å². The Bertz CT molecular complexity index is 438. The van der Waals surface area contributed by atoms with E-state index < -0.39 is 11.7 Å². The Balaban J connectivity index is 0.00000116. The lowest BCUT2D eigenvalue weighted by molar-refractivity contribution is -0.137. The Hall–Kier alpha value is -1.07. The summed E-state index contributed by atoms with van der Waals surface area (Å²) in [4.78, 5) is 4.46. The summed E-state index contributed by atoms with van der Waals surface area (Å²) in [6.45, 7) is 6.67. The molecule has 0 spiro atoms. The van der Waals surface area contributed by atoms with Gasteiger partial charge in [-0.2, -0.15) is 13.2 Å². The Kier molecular flexibility index (Phi) is 7.36. The summed E-state index contributed by atoms with van der Waals surface area (Å²) in [6, 6.07) is 6.09. The number of hydrogen-bond donors (Lipinski definition) is 0. The topological polar surface area (TPSA) is 6.48 Å². The Morgan fingerprint density at radius 3 is 2.32 bits per heavy atom. The van der Waals surface area contributed by atoms with Crippen LogP contribution in [0.2, 0.25) is 0 Å². The molecule has 0 bridgehead atoms. The number of nitrogens with zero attached hydrogens (tertiary/aromatic N) is 2. The maximum absolute atomic E-state index is 12.7. The third-order valence-electron chi connectivity index (χ3n) is 4.00.